The van der Waals surface area contributed by atoms with E-state index in [0.29, 0.717) is 5.69 Å². The molecule has 0 aliphatic heterocycles. The van der Waals surface area contributed by atoms with E-state index in [1.54, 1.807) is 12.3 Å². The van der Waals surface area contributed by atoms with E-state index in [9.17, 15) is 4.79 Å². The summed E-state index contributed by atoms with van der Waals surface area (Å²) in [6, 6.07) is 3.61. The van der Waals surface area contributed by atoms with E-state index in [1.807, 2.05) is 26.8 Å². The number of amides is 1. The Hall–Kier alpha value is -1.78. The van der Waals surface area contributed by atoms with Gasteiger partial charge in [-0.25, -0.2) is 9.78 Å². The van der Waals surface area contributed by atoms with Crippen LogP contribution < -0.4 is 10.6 Å². The van der Waals surface area contributed by atoms with Gasteiger partial charge in [0.2, 0.25) is 0 Å². The predicted octanol–water partition coefficient (Wildman–Crippen LogP) is 3.25. The standard InChI is InChI=1S/C13H21N3O2/c1-5-8-14-11-7-6-10(9-15-11)16-12(17)18-13(2,3)4/h6-7,9H,5,8H2,1-4H3,(H,14,15)(H,16,17). The van der Waals surface area contributed by atoms with Gasteiger partial charge in [0.1, 0.15) is 11.4 Å². The van der Waals surface area contributed by atoms with Gasteiger partial charge in [-0.3, -0.25) is 5.32 Å². The van der Waals surface area contributed by atoms with Crippen LogP contribution in [0.2, 0.25) is 0 Å². The second-order valence-electron chi connectivity index (χ2n) is 4.99. The monoisotopic (exact) mass is 251 g/mol. The van der Waals surface area contributed by atoms with Crippen LogP contribution in [0.1, 0.15) is 34.1 Å². The third-order valence-corrected chi connectivity index (χ3v) is 1.96. The largest absolute Gasteiger partial charge is 0.444 e. The Labute approximate surface area is 108 Å². The first-order valence-electron chi connectivity index (χ1n) is 6.10. The zero-order chi connectivity index (χ0) is 13.6. The fourth-order valence-electron chi connectivity index (χ4n) is 1.25. The maximum Gasteiger partial charge on any atom is 0.412 e. The summed E-state index contributed by atoms with van der Waals surface area (Å²) in [7, 11) is 0. The third-order valence-electron chi connectivity index (χ3n) is 1.96. The van der Waals surface area contributed by atoms with Crippen molar-refractivity contribution < 1.29 is 9.53 Å². The first-order chi connectivity index (χ1) is 8.40. The molecule has 0 atom stereocenters. The number of rotatable bonds is 4. The van der Waals surface area contributed by atoms with Crippen molar-refractivity contribution in [1.29, 1.82) is 0 Å². The van der Waals surface area contributed by atoms with Crippen molar-refractivity contribution in [1.82, 2.24) is 4.98 Å². The molecule has 5 heteroatoms. The molecule has 5 nitrogen and oxygen atoms in total. The number of ether oxygens (including phenoxy) is 1. The van der Waals surface area contributed by atoms with Gasteiger partial charge in [-0.05, 0) is 39.3 Å². The second kappa shape index (κ2) is 6.23. The van der Waals surface area contributed by atoms with E-state index in [-0.39, 0.29) is 0 Å². The average molecular weight is 251 g/mol. The predicted molar refractivity (Wildman–Crippen MR) is 72.9 cm³/mol. The van der Waals surface area contributed by atoms with Gasteiger partial charge in [0.25, 0.3) is 0 Å². The topological polar surface area (TPSA) is 63.2 Å². The van der Waals surface area contributed by atoms with Crippen molar-refractivity contribution in [3.8, 4) is 0 Å². The van der Waals surface area contributed by atoms with Crippen LogP contribution in [0.25, 0.3) is 0 Å². The molecule has 0 saturated heterocycles. The number of aromatic nitrogens is 1. The van der Waals surface area contributed by atoms with Gasteiger partial charge in [-0.1, -0.05) is 6.92 Å². The number of pyridine rings is 1. The quantitative estimate of drug-likeness (QED) is 0.862. The first-order valence-corrected chi connectivity index (χ1v) is 6.10. The van der Waals surface area contributed by atoms with Crippen molar-refractivity contribution in [2.45, 2.75) is 39.7 Å². The lowest BCUT2D eigenvalue weighted by Gasteiger charge is -2.19. The molecule has 0 radical (unpaired) electrons. The lowest BCUT2D eigenvalue weighted by Crippen LogP contribution is -2.27. The number of hydrogen-bond acceptors (Lipinski definition) is 4. The Morgan fingerprint density at radius 1 is 1.39 bits per heavy atom. The number of carbonyl (C=O) groups is 1. The molecule has 0 saturated carbocycles. The highest BCUT2D eigenvalue weighted by Crippen LogP contribution is 2.12. The summed E-state index contributed by atoms with van der Waals surface area (Å²) < 4.78 is 5.14. The van der Waals surface area contributed by atoms with Crippen LogP contribution in [0, 0.1) is 0 Å². The molecule has 0 unspecified atom stereocenters. The summed E-state index contributed by atoms with van der Waals surface area (Å²) >= 11 is 0. The zero-order valence-corrected chi connectivity index (χ0v) is 11.4. The highest BCUT2D eigenvalue weighted by atomic mass is 16.6. The minimum absolute atomic E-state index is 0.474. The van der Waals surface area contributed by atoms with Gasteiger partial charge >= 0.3 is 6.09 Å². The van der Waals surface area contributed by atoms with Crippen LogP contribution in [-0.4, -0.2) is 23.2 Å². The van der Waals surface area contributed by atoms with Crippen molar-refractivity contribution in [2.24, 2.45) is 0 Å². The molecule has 0 aliphatic carbocycles. The number of hydrogen-bond donors (Lipinski definition) is 2. The highest BCUT2D eigenvalue weighted by molar-refractivity contribution is 5.84. The van der Waals surface area contributed by atoms with Crippen LogP contribution >= 0.6 is 0 Å². The highest BCUT2D eigenvalue weighted by Gasteiger charge is 2.16. The zero-order valence-electron chi connectivity index (χ0n) is 11.4. The molecular formula is C13H21N3O2. The fraction of sp³-hybridized carbons (Fsp3) is 0.538. The minimum Gasteiger partial charge on any atom is -0.444 e. The van der Waals surface area contributed by atoms with E-state index in [1.165, 1.54) is 0 Å². The summed E-state index contributed by atoms with van der Waals surface area (Å²) in [4.78, 5) is 15.7. The molecule has 100 valence electrons. The van der Waals surface area contributed by atoms with E-state index in [0.717, 1.165) is 18.8 Å². The molecule has 1 heterocycles. The van der Waals surface area contributed by atoms with Crippen molar-refractivity contribution in [2.75, 3.05) is 17.2 Å². The normalized spacial score (nSPS) is 10.9. The summed E-state index contributed by atoms with van der Waals surface area (Å²) in [5.74, 6) is 0.798. The van der Waals surface area contributed by atoms with Crippen LogP contribution in [0.15, 0.2) is 18.3 Å². The summed E-state index contributed by atoms with van der Waals surface area (Å²) in [5, 5.41) is 5.79. The maximum absolute atomic E-state index is 11.5. The molecule has 0 spiro atoms. The number of carbonyl (C=O) groups excluding carboxylic acids is 1. The Morgan fingerprint density at radius 3 is 2.61 bits per heavy atom. The van der Waals surface area contributed by atoms with E-state index in [4.69, 9.17) is 4.74 Å². The molecule has 1 rings (SSSR count). The Morgan fingerprint density at radius 2 is 2.11 bits per heavy atom. The summed E-state index contributed by atoms with van der Waals surface area (Å²) in [5.41, 5.74) is 0.117. The molecule has 1 aromatic heterocycles. The van der Waals surface area contributed by atoms with Gasteiger partial charge in [0.05, 0.1) is 11.9 Å². The lowest BCUT2D eigenvalue weighted by atomic mass is 10.2. The lowest BCUT2D eigenvalue weighted by molar-refractivity contribution is 0.0636. The van der Waals surface area contributed by atoms with Crippen LogP contribution in [-0.2, 0) is 4.74 Å². The maximum atomic E-state index is 11.5. The molecule has 0 bridgehead atoms. The fourth-order valence-corrected chi connectivity index (χ4v) is 1.25. The number of anilines is 2. The van der Waals surface area contributed by atoms with Crippen molar-refractivity contribution in [3.63, 3.8) is 0 Å². The van der Waals surface area contributed by atoms with Crippen molar-refractivity contribution >= 4 is 17.6 Å². The van der Waals surface area contributed by atoms with Gasteiger partial charge in [-0.2, -0.15) is 0 Å². The minimum atomic E-state index is -0.500. The van der Waals surface area contributed by atoms with E-state index >= 15 is 0 Å². The molecule has 18 heavy (non-hydrogen) atoms. The molecule has 0 fully saturated rings. The molecular weight excluding hydrogens is 230 g/mol. The molecule has 2 N–H and O–H groups in total. The second-order valence-corrected chi connectivity index (χ2v) is 4.99. The molecule has 1 aromatic rings. The Kier molecular flexibility index (Phi) is 4.95. The van der Waals surface area contributed by atoms with Crippen LogP contribution in [0.5, 0.6) is 0 Å². The molecule has 0 aliphatic rings. The molecule has 0 aromatic carbocycles. The van der Waals surface area contributed by atoms with Gasteiger partial charge in [0.15, 0.2) is 0 Å². The van der Waals surface area contributed by atoms with Crippen LogP contribution in [0.4, 0.5) is 16.3 Å². The smallest absolute Gasteiger partial charge is 0.412 e. The van der Waals surface area contributed by atoms with E-state index < -0.39 is 11.7 Å². The Balaban J connectivity index is 2.50. The number of nitrogens with zero attached hydrogens (tertiary/aromatic N) is 1. The van der Waals surface area contributed by atoms with Gasteiger partial charge in [-0.15, -0.1) is 0 Å². The average Bonchev–Trinajstić information content (AvgIpc) is 2.25. The third kappa shape index (κ3) is 5.52. The van der Waals surface area contributed by atoms with Crippen molar-refractivity contribution in [3.05, 3.63) is 18.3 Å². The van der Waals surface area contributed by atoms with E-state index in [2.05, 4.69) is 22.5 Å². The van der Waals surface area contributed by atoms with Gasteiger partial charge < -0.3 is 10.1 Å². The van der Waals surface area contributed by atoms with Crippen LogP contribution in [0.3, 0.4) is 0 Å². The Bertz CT molecular complexity index is 382. The van der Waals surface area contributed by atoms with Gasteiger partial charge in [0, 0.05) is 6.54 Å². The molecule has 1 amide bonds. The SMILES string of the molecule is CCCNc1ccc(NC(=O)OC(C)(C)C)cn1. The summed E-state index contributed by atoms with van der Waals surface area (Å²) in [6.45, 7) is 8.44. The summed E-state index contributed by atoms with van der Waals surface area (Å²) in [6.07, 6.45) is 2.17. The first kappa shape index (κ1) is 14.3. The number of nitrogens with one attached hydrogen (secondary N) is 2.